The molecule has 0 saturated carbocycles. The molecular weight excluding hydrogens is 345 g/mol. The summed E-state index contributed by atoms with van der Waals surface area (Å²) in [5.41, 5.74) is 2.23. The van der Waals surface area contributed by atoms with Crippen molar-refractivity contribution in [3.05, 3.63) is 71.4 Å². The number of benzene rings is 1. The Hall–Kier alpha value is -3.02. The minimum Gasteiger partial charge on any atom is -0.366 e. The van der Waals surface area contributed by atoms with E-state index in [1.807, 2.05) is 4.90 Å². The SMILES string of the molecule is O=C1C(c2ccc(F)cc2)=C(N2CCCCC2)C(=O)N1Cc1ccncc1. The number of amides is 2. The molecule has 2 aliphatic heterocycles. The normalized spacial score (nSPS) is 17.8. The maximum absolute atomic E-state index is 13.4. The van der Waals surface area contributed by atoms with Crippen molar-refractivity contribution < 1.29 is 14.0 Å². The molecule has 138 valence electrons. The van der Waals surface area contributed by atoms with Crippen molar-refractivity contribution in [1.82, 2.24) is 14.8 Å². The summed E-state index contributed by atoms with van der Waals surface area (Å²) in [6, 6.07) is 9.35. The fourth-order valence-corrected chi connectivity index (χ4v) is 3.67. The molecule has 1 saturated heterocycles. The van der Waals surface area contributed by atoms with Gasteiger partial charge >= 0.3 is 0 Å². The van der Waals surface area contributed by atoms with Crippen molar-refractivity contribution in [3.63, 3.8) is 0 Å². The van der Waals surface area contributed by atoms with Gasteiger partial charge in [0.25, 0.3) is 11.8 Å². The van der Waals surface area contributed by atoms with Crippen LogP contribution in [-0.4, -0.2) is 39.7 Å². The Morgan fingerprint density at radius 2 is 1.56 bits per heavy atom. The van der Waals surface area contributed by atoms with Crippen LogP contribution in [0.3, 0.4) is 0 Å². The number of piperidine rings is 1. The molecule has 0 unspecified atom stereocenters. The number of aromatic nitrogens is 1. The smallest absolute Gasteiger partial charge is 0.278 e. The van der Waals surface area contributed by atoms with Crippen LogP contribution in [0.25, 0.3) is 5.57 Å². The fourth-order valence-electron chi connectivity index (χ4n) is 3.67. The van der Waals surface area contributed by atoms with Crippen molar-refractivity contribution in [1.29, 1.82) is 0 Å². The van der Waals surface area contributed by atoms with E-state index in [9.17, 15) is 14.0 Å². The van der Waals surface area contributed by atoms with Crippen LogP contribution in [0.1, 0.15) is 30.4 Å². The zero-order valence-corrected chi connectivity index (χ0v) is 14.9. The Balaban J connectivity index is 1.73. The topological polar surface area (TPSA) is 53.5 Å². The van der Waals surface area contributed by atoms with Crippen LogP contribution in [0.2, 0.25) is 0 Å². The lowest BCUT2D eigenvalue weighted by atomic mass is 10.0. The average Bonchev–Trinajstić information content (AvgIpc) is 2.95. The van der Waals surface area contributed by atoms with E-state index < -0.39 is 0 Å². The van der Waals surface area contributed by atoms with Crippen molar-refractivity contribution in [2.75, 3.05) is 13.1 Å². The van der Waals surface area contributed by atoms with Crippen molar-refractivity contribution in [3.8, 4) is 0 Å². The summed E-state index contributed by atoms with van der Waals surface area (Å²) in [5, 5.41) is 0. The third-order valence-electron chi connectivity index (χ3n) is 5.04. The second-order valence-electron chi connectivity index (χ2n) is 6.83. The molecule has 0 bridgehead atoms. The number of imide groups is 1. The predicted octanol–water partition coefficient (Wildman–Crippen LogP) is 2.99. The van der Waals surface area contributed by atoms with E-state index in [2.05, 4.69) is 4.98 Å². The Kier molecular flexibility index (Phi) is 4.71. The molecule has 2 aliphatic rings. The van der Waals surface area contributed by atoms with Gasteiger partial charge in [0, 0.05) is 25.5 Å². The van der Waals surface area contributed by atoms with E-state index in [0.717, 1.165) is 37.9 Å². The van der Waals surface area contributed by atoms with Crippen molar-refractivity contribution >= 4 is 17.4 Å². The third kappa shape index (κ3) is 3.35. The summed E-state index contributed by atoms with van der Waals surface area (Å²) in [6.07, 6.45) is 6.39. The van der Waals surface area contributed by atoms with Crippen LogP contribution < -0.4 is 0 Å². The first-order valence-corrected chi connectivity index (χ1v) is 9.15. The molecule has 0 spiro atoms. The summed E-state index contributed by atoms with van der Waals surface area (Å²) < 4.78 is 13.4. The molecule has 4 rings (SSSR count). The lowest BCUT2D eigenvalue weighted by Gasteiger charge is -2.29. The number of rotatable bonds is 4. The highest BCUT2D eigenvalue weighted by Crippen LogP contribution is 2.34. The van der Waals surface area contributed by atoms with Crippen LogP contribution in [0.4, 0.5) is 4.39 Å². The minimum absolute atomic E-state index is 0.197. The molecule has 0 aliphatic carbocycles. The summed E-state index contributed by atoms with van der Waals surface area (Å²) in [6.45, 7) is 1.70. The highest BCUT2D eigenvalue weighted by molar-refractivity contribution is 6.35. The lowest BCUT2D eigenvalue weighted by molar-refractivity contribution is -0.138. The monoisotopic (exact) mass is 365 g/mol. The van der Waals surface area contributed by atoms with Gasteiger partial charge in [0.2, 0.25) is 0 Å². The molecule has 1 aromatic carbocycles. The Bertz CT molecular complexity index is 887. The second kappa shape index (κ2) is 7.31. The van der Waals surface area contributed by atoms with Crippen LogP contribution in [-0.2, 0) is 16.1 Å². The zero-order chi connectivity index (χ0) is 18.8. The molecule has 6 heteroatoms. The van der Waals surface area contributed by atoms with Gasteiger partial charge in [-0.25, -0.2) is 4.39 Å². The summed E-state index contributed by atoms with van der Waals surface area (Å²) in [5.74, 6) is -0.980. The van der Waals surface area contributed by atoms with E-state index in [1.54, 1.807) is 36.7 Å². The van der Waals surface area contributed by atoms with Gasteiger partial charge in [-0.3, -0.25) is 19.5 Å². The first kappa shape index (κ1) is 17.4. The Morgan fingerprint density at radius 3 is 2.22 bits per heavy atom. The van der Waals surface area contributed by atoms with Gasteiger partial charge in [0.15, 0.2) is 0 Å². The highest BCUT2D eigenvalue weighted by Gasteiger charge is 2.41. The molecule has 5 nitrogen and oxygen atoms in total. The molecular formula is C21H20FN3O2. The number of halogens is 1. The molecule has 2 amide bonds. The van der Waals surface area contributed by atoms with Gasteiger partial charge in [-0.2, -0.15) is 0 Å². The van der Waals surface area contributed by atoms with Gasteiger partial charge in [0.05, 0.1) is 12.1 Å². The first-order chi connectivity index (χ1) is 13.1. The Labute approximate surface area is 157 Å². The van der Waals surface area contributed by atoms with Gasteiger partial charge in [-0.05, 0) is 54.7 Å². The molecule has 1 aromatic heterocycles. The van der Waals surface area contributed by atoms with Gasteiger partial charge in [-0.1, -0.05) is 12.1 Å². The van der Waals surface area contributed by atoms with Crippen LogP contribution >= 0.6 is 0 Å². The lowest BCUT2D eigenvalue weighted by Crippen LogP contribution is -2.36. The minimum atomic E-state index is -0.371. The van der Waals surface area contributed by atoms with Crippen molar-refractivity contribution in [2.45, 2.75) is 25.8 Å². The first-order valence-electron chi connectivity index (χ1n) is 9.15. The number of carbonyl (C=O) groups is 2. The van der Waals surface area contributed by atoms with E-state index in [4.69, 9.17) is 0 Å². The molecule has 0 N–H and O–H groups in total. The third-order valence-corrected chi connectivity index (χ3v) is 5.04. The molecule has 27 heavy (non-hydrogen) atoms. The maximum Gasteiger partial charge on any atom is 0.278 e. The summed E-state index contributed by atoms with van der Waals surface area (Å²) in [7, 11) is 0. The van der Waals surface area contributed by atoms with Crippen molar-refractivity contribution in [2.24, 2.45) is 0 Å². The number of likely N-dealkylation sites (tertiary alicyclic amines) is 1. The van der Waals surface area contributed by atoms with Gasteiger partial charge in [-0.15, -0.1) is 0 Å². The fraction of sp³-hybridized carbons (Fsp3) is 0.286. The summed E-state index contributed by atoms with van der Waals surface area (Å²) in [4.78, 5) is 33.6. The predicted molar refractivity (Wildman–Crippen MR) is 98.5 cm³/mol. The van der Waals surface area contributed by atoms with E-state index in [1.165, 1.54) is 17.0 Å². The zero-order valence-electron chi connectivity index (χ0n) is 14.9. The molecule has 2 aromatic rings. The maximum atomic E-state index is 13.4. The average molecular weight is 365 g/mol. The number of hydrogen-bond donors (Lipinski definition) is 0. The van der Waals surface area contributed by atoms with Gasteiger partial charge < -0.3 is 4.90 Å². The van der Waals surface area contributed by atoms with E-state index >= 15 is 0 Å². The highest BCUT2D eigenvalue weighted by atomic mass is 19.1. The Morgan fingerprint density at radius 1 is 0.889 bits per heavy atom. The van der Waals surface area contributed by atoms with Crippen LogP contribution in [0.15, 0.2) is 54.5 Å². The second-order valence-corrected chi connectivity index (χ2v) is 6.83. The van der Waals surface area contributed by atoms with Crippen LogP contribution in [0, 0.1) is 5.82 Å². The largest absolute Gasteiger partial charge is 0.366 e. The number of pyridine rings is 1. The van der Waals surface area contributed by atoms with E-state index in [0.29, 0.717) is 16.8 Å². The molecule has 0 atom stereocenters. The number of carbonyl (C=O) groups excluding carboxylic acids is 2. The van der Waals surface area contributed by atoms with E-state index in [-0.39, 0.29) is 24.2 Å². The molecule has 1 fully saturated rings. The molecule has 3 heterocycles. The number of hydrogen-bond acceptors (Lipinski definition) is 4. The number of nitrogens with zero attached hydrogens (tertiary/aromatic N) is 3. The van der Waals surface area contributed by atoms with Crippen LogP contribution in [0.5, 0.6) is 0 Å². The quantitative estimate of drug-likeness (QED) is 0.782. The standard InChI is InChI=1S/C21H20FN3O2/c22-17-6-4-16(5-7-17)18-19(24-12-2-1-3-13-24)21(27)25(20(18)26)14-15-8-10-23-11-9-15/h4-11H,1-3,12-14H2. The summed E-state index contributed by atoms with van der Waals surface area (Å²) >= 11 is 0. The molecule has 0 radical (unpaired) electrons. The van der Waals surface area contributed by atoms with Gasteiger partial charge in [0.1, 0.15) is 11.5 Å².